The van der Waals surface area contributed by atoms with Crippen molar-refractivity contribution in [3.8, 4) is 11.5 Å². The van der Waals surface area contributed by atoms with Crippen LogP contribution in [0.25, 0.3) is 0 Å². The topological polar surface area (TPSA) is 104 Å². The van der Waals surface area contributed by atoms with Crippen molar-refractivity contribution < 1.29 is 81.7 Å². The number of aromatic hydroxyl groups is 1. The highest BCUT2D eigenvalue weighted by molar-refractivity contribution is 6.24. The first-order valence-corrected chi connectivity index (χ1v) is 16.7. The van der Waals surface area contributed by atoms with E-state index in [1.54, 1.807) is 0 Å². The Balaban J connectivity index is 1.37. The fourth-order valence-electron chi connectivity index (χ4n) is 8.58. The molecule has 1 saturated carbocycles. The Bertz CT molecular complexity index is 2200. The summed E-state index contributed by atoms with van der Waals surface area (Å²) in [7, 11) is 1.15. The summed E-state index contributed by atoms with van der Waals surface area (Å²) < 4.78 is 171. The van der Waals surface area contributed by atoms with Gasteiger partial charge in [0.15, 0.2) is 0 Å². The van der Waals surface area contributed by atoms with Crippen LogP contribution in [0.5, 0.6) is 11.5 Å². The van der Waals surface area contributed by atoms with E-state index in [0.29, 0.717) is 0 Å². The van der Waals surface area contributed by atoms with Gasteiger partial charge in [-0.15, -0.1) is 0 Å². The highest BCUT2D eigenvalue weighted by Gasteiger charge is 2.63. The molecule has 2 aliphatic carbocycles. The van der Waals surface area contributed by atoms with Crippen molar-refractivity contribution in [3.05, 3.63) is 94.1 Å². The Kier molecular flexibility index (Phi) is 9.04. The molecule has 2 heterocycles. The zero-order valence-electron chi connectivity index (χ0n) is 28.6. The van der Waals surface area contributed by atoms with E-state index in [1.165, 1.54) is 18.2 Å². The Morgan fingerprint density at radius 3 is 1.47 bits per heavy atom. The number of carbonyl (C=O) groups excluding carboxylic acids is 4. The Morgan fingerprint density at radius 1 is 0.596 bits per heavy atom. The first-order chi connectivity index (χ1) is 26.3. The van der Waals surface area contributed by atoms with E-state index >= 15 is 0 Å². The molecule has 2 saturated heterocycles. The molecule has 3 aromatic rings. The summed E-state index contributed by atoms with van der Waals surface area (Å²) in [6, 6.07) is 4.06. The first kappa shape index (κ1) is 39.7. The number of phenolic OH excluding ortho intramolecular Hbond substituents is 1. The predicted octanol–water partition coefficient (Wildman–Crippen LogP) is 8.52. The summed E-state index contributed by atoms with van der Waals surface area (Å²) >= 11 is 0. The Morgan fingerprint density at radius 2 is 1.04 bits per heavy atom. The summed E-state index contributed by atoms with van der Waals surface area (Å²) in [5.74, 6) is -14.9. The van der Waals surface area contributed by atoms with Gasteiger partial charge in [-0.05, 0) is 67.3 Å². The van der Waals surface area contributed by atoms with E-state index in [2.05, 4.69) is 0 Å². The molecule has 3 fully saturated rings. The molecule has 4 amide bonds. The van der Waals surface area contributed by atoms with Crippen LogP contribution in [-0.2, 0) is 43.9 Å². The van der Waals surface area contributed by atoms with Crippen LogP contribution in [-0.4, -0.2) is 35.8 Å². The number of hydrogen-bond acceptors (Lipinski definition) is 6. The maximum absolute atomic E-state index is 14.3. The van der Waals surface area contributed by atoms with Crippen molar-refractivity contribution in [2.75, 3.05) is 16.9 Å². The minimum absolute atomic E-state index is 0.0864. The van der Waals surface area contributed by atoms with Crippen molar-refractivity contribution >= 4 is 35.0 Å². The number of alkyl halides is 12. The van der Waals surface area contributed by atoms with Crippen LogP contribution in [0.4, 0.5) is 64.1 Å². The second kappa shape index (κ2) is 13.0. The molecule has 7 rings (SSSR count). The highest BCUT2D eigenvalue weighted by atomic mass is 19.4. The maximum Gasteiger partial charge on any atom is 0.416 e. The molecule has 302 valence electrons. The summed E-state index contributed by atoms with van der Waals surface area (Å²) in [6.45, 7) is 0. The number of anilines is 2. The molecule has 2 aliphatic heterocycles. The molecular formula is C37H24F12N2O6. The monoisotopic (exact) mass is 820 g/mol. The number of hydrogen-bond donors (Lipinski definition) is 1. The van der Waals surface area contributed by atoms with E-state index in [0.717, 1.165) is 13.2 Å². The average Bonchev–Trinajstić information content (AvgIpc) is 3.52. The quantitative estimate of drug-likeness (QED) is 0.161. The molecule has 0 radical (unpaired) electrons. The predicted molar refractivity (Wildman–Crippen MR) is 170 cm³/mol. The van der Waals surface area contributed by atoms with Crippen LogP contribution in [0.1, 0.15) is 46.6 Å². The zero-order chi connectivity index (χ0) is 41.9. The van der Waals surface area contributed by atoms with E-state index in [1.807, 2.05) is 0 Å². The minimum Gasteiger partial charge on any atom is -0.508 e. The summed E-state index contributed by atoms with van der Waals surface area (Å²) in [5.41, 5.74) is -9.60. The number of imide groups is 2. The number of nitrogens with zero attached hydrogens (tertiary/aromatic N) is 2. The van der Waals surface area contributed by atoms with Crippen LogP contribution < -0.4 is 14.5 Å². The number of benzene rings is 3. The van der Waals surface area contributed by atoms with Gasteiger partial charge in [-0.25, -0.2) is 9.80 Å². The third kappa shape index (κ3) is 6.45. The SMILES string of the molecule is COc1cccc(O)c1[C@H]1C2=CC[C@@H]3C(=O)N(c4cc(C(F)(F)F)cc(C(F)(F)F)c4)C(=O)[C@@H]3[C@@H]2C[C@H]2C(=O)N(c3cc(C(F)(F)F)cc(C(F)(F)F)c3)C(=O)[C@@H]12. The van der Waals surface area contributed by atoms with Crippen LogP contribution >= 0.6 is 0 Å². The van der Waals surface area contributed by atoms with Gasteiger partial charge < -0.3 is 9.84 Å². The number of phenols is 1. The zero-order valence-corrected chi connectivity index (χ0v) is 28.6. The number of carbonyl (C=O) groups is 4. The second-order valence-electron chi connectivity index (χ2n) is 14.0. The fourth-order valence-corrected chi connectivity index (χ4v) is 8.58. The molecule has 0 unspecified atom stereocenters. The standard InChI is InChI=1S/C37H24F12N2O6/c1-57-25-4-2-3-24(52)29(25)27-20-5-6-21-26(32(55)50(30(21)53)18-9-14(34(38,39)40)7-15(10-18)35(41,42)43)22(20)13-23-28(27)33(56)51(31(23)54)19-11-16(36(44,45)46)8-17(12-19)37(47,48)49/h2-5,7-12,21-23,26-28,52H,6,13H2,1H3/t21-,22+,23+,26-,27-,28+/m0/s1. The summed E-state index contributed by atoms with van der Waals surface area (Å²) in [4.78, 5) is 56.9. The molecule has 4 aliphatic rings. The lowest BCUT2D eigenvalue weighted by Gasteiger charge is -2.44. The number of fused-ring (bicyclic) bond motifs is 4. The fraction of sp³-hybridized carbons (Fsp3) is 0.351. The van der Waals surface area contributed by atoms with Crippen molar-refractivity contribution in [2.45, 2.75) is 43.5 Å². The minimum atomic E-state index is -5.38. The molecule has 6 atom stereocenters. The molecule has 8 nitrogen and oxygen atoms in total. The second-order valence-corrected chi connectivity index (χ2v) is 14.0. The van der Waals surface area contributed by atoms with Crippen LogP contribution in [0.15, 0.2) is 66.2 Å². The third-order valence-electron chi connectivity index (χ3n) is 10.9. The van der Waals surface area contributed by atoms with Crippen LogP contribution in [0, 0.1) is 29.6 Å². The van der Waals surface area contributed by atoms with E-state index in [4.69, 9.17) is 4.74 Å². The summed E-state index contributed by atoms with van der Waals surface area (Å²) in [5, 5.41) is 11.1. The Labute approximate surface area is 312 Å². The number of halogens is 12. The number of rotatable bonds is 4. The third-order valence-corrected chi connectivity index (χ3v) is 10.9. The van der Waals surface area contributed by atoms with Gasteiger partial charge in [-0.3, -0.25) is 19.2 Å². The summed E-state index contributed by atoms with van der Waals surface area (Å²) in [6.07, 6.45) is -21.1. The van der Waals surface area contributed by atoms with Gasteiger partial charge in [0.05, 0.1) is 64.4 Å². The van der Waals surface area contributed by atoms with Crippen LogP contribution in [0.2, 0.25) is 0 Å². The van der Waals surface area contributed by atoms with Gasteiger partial charge in [0.2, 0.25) is 23.6 Å². The molecule has 0 aromatic heterocycles. The van der Waals surface area contributed by atoms with E-state index in [9.17, 15) is 77.0 Å². The van der Waals surface area contributed by atoms with E-state index in [-0.39, 0.29) is 69.5 Å². The van der Waals surface area contributed by atoms with Gasteiger partial charge in [-0.2, -0.15) is 52.7 Å². The number of allylic oxidation sites excluding steroid dienone is 2. The number of amides is 4. The molecule has 0 spiro atoms. The van der Waals surface area contributed by atoms with Gasteiger partial charge in [0.1, 0.15) is 11.5 Å². The van der Waals surface area contributed by atoms with Gasteiger partial charge in [-0.1, -0.05) is 17.7 Å². The lowest BCUT2D eigenvalue weighted by Crippen LogP contribution is -2.43. The lowest BCUT2D eigenvalue weighted by molar-refractivity contribution is -0.144. The molecule has 3 aromatic carbocycles. The molecular weight excluding hydrogens is 796 g/mol. The maximum atomic E-state index is 14.3. The van der Waals surface area contributed by atoms with Crippen molar-refractivity contribution in [3.63, 3.8) is 0 Å². The van der Waals surface area contributed by atoms with Crippen molar-refractivity contribution in [2.24, 2.45) is 29.6 Å². The van der Waals surface area contributed by atoms with Crippen molar-refractivity contribution in [1.82, 2.24) is 0 Å². The molecule has 20 heteroatoms. The lowest BCUT2D eigenvalue weighted by atomic mass is 9.57. The van der Waals surface area contributed by atoms with Crippen LogP contribution in [0.3, 0.4) is 0 Å². The van der Waals surface area contributed by atoms with Gasteiger partial charge in [0, 0.05) is 11.5 Å². The van der Waals surface area contributed by atoms with Crippen molar-refractivity contribution in [1.29, 1.82) is 0 Å². The number of methoxy groups -OCH3 is 1. The normalized spacial score (nSPS) is 25.4. The molecule has 0 bridgehead atoms. The largest absolute Gasteiger partial charge is 0.508 e. The molecule has 57 heavy (non-hydrogen) atoms. The average molecular weight is 821 g/mol. The smallest absolute Gasteiger partial charge is 0.416 e. The Hall–Kier alpha value is -5.56. The first-order valence-electron chi connectivity index (χ1n) is 16.7. The van der Waals surface area contributed by atoms with Gasteiger partial charge >= 0.3 is 24.7 Å². The van der Waals surface area contributed by atoms with E-state index < -0.39 is 130 Å². The number of ether oxygens (including phenoxy) is 1. The highest BCUT2D eigenvalue weighted by Crippen LogP contribution is 2.61. The van der Waals surface area contributed by atoms with Gasteiger partial charge in [0.25, 0.3) is 0 Å². The molecule has 1 N–H and O–H groups in total.